The number of hydrogen-bond donors (Lipinski definition) is 3. The summed E-state index contributed by atoms with van der Waals surface area (Å²) in [5, 5.41) is 13.8. The van der Waals surface area contributed by atoms with Gasteiger partial charge in [0.05, 0.1) is 23.3 Å². The van der Waals surface area contributed by atoms with E-state index in [9.17, 15) is 4.79 Å². The lowest BCUT2D eigenvalue weighted by atomic mass is 10.1. The maximum absolute atomic E-state index is 12.2. The third kappa shape index (κ3) is 3.93. The van der Waals surface area contributed by atoms with E-state index < -0.39 is 0 Å². The summed E-state index contributed by atoms with van der Waals surface area (Å²) in [5.74, 6) is 0.527. The highest BCUT2D eigenvalue weighted by atomic mass is 16.2. The van der Waals surface area contributed by atoms with Crippen molar-refractivity contribution in [3.63, 3.8) is 0 Å². The molecule has 1 aliphatic heterocycles. The van der Waals surface area contributed by atoms with Crippen LogP contribution in [0, 0.1) is 0 Å². The Morgan fingerprint density at radius 3 is 2.83 bits per heavy atom. The van der Waals surface area contributed by atoms with E-state index in [1.807, 2.05) is 29.2 Å². The van der Waals surface area contributed by atoms with Crippen LogP contribution in [0.4, 0.5) is 10.6 Å². The number of anilines is 1. The summed E-state index contributed by atoms with van der Waals surface area (Å²) in [7, 11) is 0. The molecule has 1 saturated heterocycles. The van der Waals surface area contributed by atoms with Crippen molar-refractivity contribution in [3.8, 4) is 11.1 Å². The molecule has 150 valence electrons. The second-order valence-corrected chi connectivity index (χ2v) is 7.89. The molecule has 8 nitrogen and oxygen atoms in total. The first-order valence-electron chi connectivity index (χ1n) is 10.3. The minimum absolute atomic E-state index is 0.195. The third-order valence-corrected chi connectivity index (χ3v) is 5.81. The fraction of sp³-hybridized carbons (Fsp3) is 0.429. The van der Waals surface area contributed by atoms with Gasteiger partial charge in [0.2, 0.25) is 0 Å². The van der Waals surface area contributed by atoms with E-state index in [0.717, 1.165) is 54.5 Å². The SMILES string of the molecule is O=C(Nc1ccc2ncc(-c3cnn(C4CCNC4)c3)cc2n1)NC1CCCC1. The summed E-state index contributed by atoms with van der Waals surface area (Å²) >= 11 is 0. The molecule has 0 bridgehead atoms. The van der Waals surface area contributed by atoms with Crippen LogP contribution in [0.15, 0.2) is 36.8 Å². The van der Waals surface area contributed by atoms with Crippen molar-refractivity contribution >= 4 is 22.9 Å². The summed E-state index contributed by atoms with van der Waals surface area (Å²) in [6.45, 7) is 1.99. The normalized spacial score (nSPS) is 19.7. The van der Waals surface area contributed by atoms with Crippen molar-refractivity contribution in [2.45, 2.75) is 44.2 Å². The van der Waals surface area contributed by atoms with Crippen molar-refractivity contribution < 1.29 is 4.79 Å². The second-order valence-electron chi connectivity index (χ2n) is 7.89. The van der Waals surface area contributed by atoms with Crippen molar-refractivity contribution in [2.24, 2.45) is 0 Å². The zero-order valence-electron chi connectivity index (χ0n) is 16.3. The lowest BCUT2D eigenvalue weighted by Crippen LogP contribution is -2.36. The monoisotopic (exact) mass is 391 g/mol. The van der Waals surface area contributed by atoms with Gasteiger partial charge < -0.3 is 10.6 Å². The number of hydrogen-bond acceptors (Lipinski definition) is 5. The predicted molar refractivity (Wildman–Crippen MR) is 112 cm³/mol. The van der Waals surface area contributed by atoms with Crippen LogP contribution in [0.3, 0.4) is 0 Å². The van der Waals surface area contributed by atoms with Crippen LogP contribution in [0.5, 0.6) is 0 Å². The highest BCUT2D eigenvalue weighted by molar-refractivity contribution is 5.90. The maximum atomic E-state index is 12.2. The van der Waals surface area contributed by atoms with Gasteiger partial charge in [-0.3, -0.25) is 15.0 Å². The first-order valence-corrected chi connectivity index (χ1v) is 10.3. The molecule has 1 saturated carbocycles. The average Bonchev–Trinajstić information content (AvgIpc) is 3.48. The number of carbonyl (C=O) groups excluding carboxylic acids is 1. The van der Waals surface area contributed by atoms with Crippen LogP contribution in [0.1, 0.15) is 38.1 Å². The molecule has 3 aromatic rings. The first-order chi connectivity index (χ1) is 14.2. The predicted octanol–water partition coefficient (Wildman–Crippen LogP) is 3.09. The van der Waals surface area contributed by atoms with Gasteiger partial charge in [-0.25, -0.2) is 9.78 Å². The maximum Gasteiger partial charge on any atom is 0.320 e. The van der Waals surface area contributed by atoms with Crippen molar-refractivity contribution in [3.05, 3.63) is 36.8 Å². The number of pyridine rings is 2. The summed E-state index contributed by atoms with van der Waals surface area (Å²) in [6, 6.07) is 6.15. The lowest BCUT2D eigenvalue weighted by molar-refractivity contribution is 0.248. The Morgan fingerprint density at radius 1 is 1.10 bits per heavy atom. The lowest BCUT2D eigenvalue weighted by Gasteiger charge is -2.12. The number of amides is 2. The molecule has 2 fully saturated rings. The van der Waals surface area contributed by atoms with Gasteiger partial charge in [0.25, 0.3) is 0 Å². The van der Waals surface area contributed by atoms with E-state index >= 15 is 0 Å². The van der Waals surface area contributed by atoms with Crippen LogP contribution >= 0.6 is 0 Å². The molecule has 2 amide bonds. The molecule has 0 radical (unpaired) electrons. The van der Waals surface area contributed by atoms with Crippen molar-refractivity contribution in [1.29, 1.82) is 0 Å². The zero-order chi connectivity index (χ0) is 19.6. The molecule has 8 heteroatoms. The van der Waals surface area contributed by atoms with Gasteiger partial charge in [0.1, 0.15) is 5.82 Å². The molecule has 1 atom stereocenters. The van der Waals surface area contributed by atoms with Crippen LogP contribution in [0.25, 0.3) is 22.2 Å². The number of fused-ring (bicyclic) bond motifs is 1. The fourth-order valence-corrected chi connectivity index (χ4v) is 4.19. The van der Waals surface area contributed by atoms with Crippen molar-refractivity contribution in [2.75, 3.05) is 18.4 Å². The fourth-order valence-electron chi connectivity index (χ4n) is 4.19. The summed E-state index contributed by atoms with van der Waals surface area (Å²) in [6.07, 6.45) is 11.3. The Bertz CT molecular complexity index is 1020. The summed E-state index contributed by atoms with van der Waals surface area (Å²) in [5.41, 5.74) is 3.53. The van der Waals surface area contributed by atoms with Gasteiger partial charge in [-0.15, -0.1) is 0 Å². The Morgan fingerprint density at radius 2 is 2.00 bits per heavy atom. The van der Waals surface area contributed by atoms with Gasteiger partial charge >= 0.3 is 6.03 Å². The molecule has 29 heavy (non-hydrogen) atoms. The van der Waals surface area contributed by atoms with Gasteiger partial charge in [-0.1, -0.05) is 12.8 Å². The highest BCUT2D eigenvalue weighted by Crippen LogP contribution is 2.24. The number of nitrogens with one attached hydrogen (secondary N) is 3. The average molecular weight is 391 g/mol. The minimum atomic E-state index is -0.195. The summed E-state index contributed by atoms with van der Waals surface area (Å²) in [4.78, 5) is 21.3. The minimum Gasteiger partial charge on any atom is -0.335 e. The van der Waals surface area contributed by atoms with Gasteiger partial charge in [0, 0.05) is 36.1 Å². The smallest absolute Gasteiger partial charge is 0.320 e. The Kier molecular flexibility index (Phi) is 4.85. The zero-order valence-corrected chi connectivity index (χ0v) is 16.3. The molecule has 1 aliphatic carbocycles. The third-order valence-electron chi connectivity index (χ3n) is 5.81. The molecule has 2 aliphatic rings. The Hall–Kier alpha value is -3.00. The van der Waals surface area contributed by atoms with Crippen molar-refractivity contribution in [1.82, 2.24) is 30.4 Å². The highest BCUT2D eigenvalue weighted by Gasteiger charge is 2.18. The number of aromatic nitrogens is 4. The van der Waals surface area contributed by atoms with Crippen LogP contribution < -0.4 is 16.0 Å². The summed E-state index contributed by atoms with van der Waals surface area (Å²) < 4.78 is 2.03. The molecular weight excluding hydrogens is 366 g/mol. The van der Waals surface area contributed by atoms with Crippen LogP contribution in [-0.2, 0) is 0 Å². The number of rotatable bonds is 4. The van der Waals surface area contributed by atoms with Gasteiger partial charge in [0.15, 0.2) is 0 Å². The van der Waals surface area contributed by atoms with E-state index in [0.29, 0.717) is 11.9 Å². The Labute approximate surface area is 169 Å². The molecular formula is C21H25N7O. The van der Waals surface area contributed by atoms with Gasteiger partial charge in [-0.2, -0.15) is 5.10 Å². The standard InChI is InChI=1S/C21H25N7O/c29-21(25-16-3-1-2-4-16)27-20-6-5-18-19(26-20)9-14(10-23-18)15-11-24-28(13-15)17-7-8-22-12-17/h5-6,9-11,13,16-17,22H,1-4,7-8,12H2,(H2,25,26,27,29). The van der Waals surface area contributed by atoms with Crippen LogP contribution in [0.2, 0.25) is 0 Å². The first kappa shape index (κ1) is 18.1. The van der Waals surface area contributed by atoms with E-state index in [1.54, 1.807) is 6.07 Å². The van der Waals surface area contributed by atoms with E-state index in [-0.39, 0.29) is 12.1 Å². The van der Waals surface area contributed by atoms with Gasteiger partial charge in [-0.05, 0) is 44.0 Å². The Balaban J connectivity index is 1.34. The number of nitrogens with zero attached hydrogens (tertiary/aromatic N) is 4. The number of carbonyl (C=O) groups is 1. The molecule has 3 N–H and O–H groups in total. The molecule has 5 rings (SSSR count). The number of urea groups is 1. The van der Waals surface area contributed by atoms with Crippen LogP contribution in [-0.4, -0.2) is 44.9 Å². The molecule has 0 aromatic carbocycles. The molecule has 3 aromatic heterocycles. The second kappa shape index (κ2) is 7.79. The molecule has 0 spiro atoms. The topological polar surface area (TPSA) is 96.8 Å². The van der Waals surface area contributed by atoms with E-state index in [1.165, 1.54) is 12.8 Å². The van der Waals surface area contributed by atoms with E-state index in [4.69, 9.17) is 0 Å². The molecule has 4 heterocycles. The largest absolute Gasteiger partial charge is 0.335 e. The molecule has 1 unspecified atom stereocenters. The van der Waals surface area contributed by atoms with E-state index in [2.05, 4.69) is 37.2 Å². The quantitative estimate of drug-likeness (QED) is 0.635.